The second-order valence-electron chi connectivity index (χ2n) is 5.79. The fourth-order valence-corrected chi connectivity index (χ4v) is 3.15. The van der Waals surface area contributed by atoms with Crippen molar-refractivity contribution in [1.82, 2.24) is 19.7 Å². The van der Waals surface area contributed by atoms with E-state index < -0.39 is 6.23 Å². The highest BCUT2D eigenvalue weighted by Gasteiger charge is 2.32. The van der Waals surface area contributed by atoms with Crippen molar-refractivity contribution in [2.45, 2.75) is 57.7 Å². The molecule has 18 heavy (non-hydrogen) atoms. The van der Waals surface area contributed by atoms with Crippen LogP contribution in [0.1, 0.15) is 56.9 Å². The molecule has 0 aromatic carbocycles. The molecule has 0 aliphatic carbocycles. The van der Waals surface area contributed by atoms with Gasteiger partial charge in [0.05, 0.1) is 0 Å². The molecule has 2 atom stereocenters. The number of likely N-dealkylation sites (tertiary alicyclic amines) is 1. The van der Waals surface area contributed by atoms with Gasteiger partial charge in [-0.1, -0.05) is 0 Å². The molecule has 0 saturated carbocycles. The molecular formula is C13H22N4O. The molecular weight excluding hydrogens is 228 g/mol. The molecule has 1 aromatic heterocycles. The lowest BCUT2D eigenvalue weighted by molar-refractivity contribution is 0.0736. The molecule has 5 heteroatoms. The summed E-state index contributed by atoms with van der Waals surface area (Å²) in [6, 6.07) is 0.587. The molecule has 2 unspecified atom stereocenters. The minimum Gasteiger partial charge on any atom is -0.373 e. The van der Waals surface area contributed by atoms with E-state index in [2.05, 4.69) is 28.9 Å². The number of hydrogen-bond donors (Lipinski definition) is 1. The Balaban J connectivity index is 1.84. The van der Waals surface area contributed by atoms with Crippen LogP contribution in [0.2, 0.25) is 0 Å². The summed E-state index contributed by atoms with van der Waals surface area (Å²) in [5.74, 6) is 2.40. The third kappa shape index (κ3) is 1.95. The second kappa shape index (κ2) is 4.63. The van der Waals surface area contributed by atoms with Crippen molar-refractivity contribution in [2.24, 2.45) is 0 Å². The zero-order valence-electron chi connectivity index (χ0n) is 11.2. The molecule has 3 rings (SSSR count). The quantitative estimate of drug-likeness (QED) is 0.859. The van der Waals surface area contributed by atoms with Crippen molar-refractivity contribution in [3.05, 3.63) is 11.6 Å². The van der Waals surface area contributed by atoms with Gasteiger partial charge in [0.1, 0.15) is 17.9 Å². The Morgan fingerprint density at radius 1 is 1.28 bits per heavy atom. The average Bonchev–Trinajstić information content (AvgIpc) is 2.94. The smallest absolute Gasteiger partial charge is 0.139 e. The van der Waals surface area contributed by atoms with E-state index in [1.807, 2.05) is 4.57 Å². The minimum absolute atomic E-state index is 0.410. The minimum atomic E-state index is -0.410. The summed E-state index contributed by atoms with van der Waals surface area (Å²) in [5.41, 5.74) is 0. The molecule has 5 nitrogen and oxygen atoms in total. The maximum atomic E-state index is 10.1. The topological polar surface area (TPSA) is 54.2 Å². The van der Waals surface area contributed by atoms with Crippen LogP contribution < -0.4 is 0 Å². The Morgan fingerprint density at radius 2 is 2.11 bits per heavy atom. The van der Waals surface area contributed by atoms with Crippen LogP contribution in [0, 0.1) is 0 Å². The van der Waals surface area contributed by atoms with E-state index in [1.54, 1.807) is 0 Å². The van der Waals surface area contributed by atoms with E-state index in [0.717, 1.165) is 50.4 Å². The van der Waals surface area contributed by atoms with Crippen LogP contribution in [-0.2, 0) is 6.42 Å². The highest BCUT2D eigenvalue weighted by molar-refractivity contribution is 5.08. The van der Waals surface area contributed by atoms with Gasteiger partial charge in [0.2, 0.25) is 0 Å². The maximum Gasteiger partial charge on any atom is 0.139 e. The molecule has 2 aliphatic rings. The molecule has 1 N–H and O–H groups in total. The third-order valence-electron chi connectivity index (χ3n) is 4.27. The van der Waals surface area contributed by atoms with Gasteiger partial charge in [0, 0.05) is 24.9 Å². The Labute approximate surface area is 108 Å². The fraction of sp³-hybridized carbons (Fsp3) is 0.846. The Bertz CT molecular complexity index is 429. The molecule has 0 amide bonds. The number of aromatic nitrogens is 3. The van der Waals surface area contributed by atoms with Crippen molar-refractivity contribution in [3.63, 3.8) is 0 Å². The standard InChI is InChI=1S/C13H22N4O/c1-9(2)16-7-6-10(8-16)13-15-14-11-4-3-5-12(18)17(11)13/h9-10,12,18H,3-8H2,1-2H3. The van der Waals surface area contributed by atoms with Gasteiger partial charge >= 0.3 is 0 Å². The van der Waals surface area contributed by atoms with Crippen LogP contribution in [0.3, 0.4) is 0 Å². The Hall–Kier alpha value is -0.940. The summed E-state index contributed by atoms with van der Waals surface area (Å²) in [6.45, 7) is 6.64. The van der Waals surface area contributed by atoms with Gasteiger partial charge in [-0.05, 0) is 39.7 Å². The largest absolute Gasteiger partial charge is 0.373 e. The number of nitrogens with zero attached hydrogens (tertiary/aromatic N) is 4. The summed E-state index contributed by atoms with van der Waals surface area (Å²) in [7, 11) is 0. The number of aliphatic hydroxyl groups is 1. The third-order valence-corrected chi connectivity index (χ3v) is 4.27. The molecule has 0 radical (unpaired) electrons. The Kier molecular flexibility index (Phi) is 3.11. The van der Waals surface area contributed by atoms with Crippen LogP contribution in [0.15, 0.2) is 0 Å². The lowest BCUT2D eigenvalue weighted by Gasteiger charge is -2.24. The number of fused-ring (bicyclic) bond motifs is 1. The first kappa shape index (κ1) is 12.1. The maximum absolute atomic E-state index is 10.1. The zero-order valence-corrected chi connectivity index (χ0v) is 11.2. The van der Waals surface area contributed by atoms with Crippen LogP contribution >= 0.6 is 0 Å². The predicted molar refractivity (Wildman–Crippen MR) is 68.3 cm³/mol. The van der Waals surface area contributed by atoms with Crippen molar-refractivity contribution in [3.8, 4) is 0 Å². The van der Waals surface area contributed by atoms with Gasteiger partial charge in [-0.25, -0.2) is 0 Å². The fourth-order valence-electron chi connectivity index (χ4n) is 3.15. The SMILES string of the molecule is CC(C)N1CCC(c2nnc3n2C(O)CCC3)C1. The summed E-state index contributed by atoms with van der Waals surface area (Å²) in [6.07, 6.45) is 3.51. The average molecular weight is 250 g/mol. The molecule has 3 heterocycles. The van der Waals surface area contributed by atoms with Gasteiger partial charge in [0.15, 0.2) is 0 Å². The van der Waals surface area contributed by atoms with Gasteiger partial charge in [-0.15, -0.1) is 10.2 Å². The molecule has 1 aromatic rings. The van der Waals surface area contributed by atoms with Crippen molar-refractivity contribution in [2.75, 3.05) is 13.1 Å². The van der Waals surface area contributed by atoms with E-state index in [9.17, 15) is 5.11 Å². The predicted octanol–water partition coefficient (Wildman–Crippen LogP) is 1.30. The van der Waals surface area contributed by atoms with Crippen LogP contribution in [0.4, 0.5) is 0 Å². The highest BCUT2D eigenvalue weighted by atomic mass is 16.3. The van der Waals surface area contributed by atoms with Gasteiger partial charge in [0.25, 0.3) is 0 Å². The lowest BCUT2D eigenvalue weighted by Crippen LogP contribution is -2.28. The summed E-state index contributed by atoms with van der Waals surface area (Å²) >= 11 is 0. The van der Waals surface area contributed by atoms with Gasteiger partial charge in [-0.3, -0.25) is 4.57 Å². The summed E-state index contributed by atoms with van der Waals surface area (Å²) in [5, 5.41) is 18.7. The second-order valence-corrected chi connectivity index (χ2v) is 5.79. The number of aryl methyl sites for hydroxylation is 1. The lowest BCUT2D eigenvalue weighted by atomic mass is 10.1. The van der Waals surface area contributed by atoms with Crippen LogP contribution in [-0.4, -0.2) is 43.9 Å². The first-order chi connectivity index (χ1) is 8.66. The first-order valence-electron chi connectivity index (χ1n) is 7.02. The number of rotatable bonds is 2. The molecule has 100 valence electrons. The molecule has 1 saturated heterocycles. The van der Waals surface area contributed by atoms with Crippen LogP contribution in [0.25, 0.3) is 0 Å². The van der Waals surface area contributed by atoms with Crippen molar-refractivity contribution < 1.29 is 5.11 Å². The molecule has 2 aliphatic heterocycles. The van der Waals surface area contributed by atoms with Gasteiger partial charge < -0.3 is 10.0 Å². The van der Waals surface area contributed by atoms with Crippen molar-refractivity contribution in [1.29, 1.82) is 0 Å². The monoisotopic (exact) mass is 250 g/mol. The van der Waals surface area contributed by atoms with Crippen molar-refractivity contribution >= 4 is 0 Å². The normalized spacial score (nSPS) is 28.9. The van der Waals surface area contributed by atoms with E-state index in [4.69, 9.17) is 0 Å². The van der Waals surface area contributed by atoms with E-state index in [1.165, 1.54) is 0 Å². The number of hydrogen-bond acceptors (Lipinski definition) is 4. The van der Waals surface area contributed by atoms with E-state index >= 15 is 0 Å². The molecule has 0 bridgehead atoms. The highest BCUT2D eigenvalue weighted by Crippen LogP contribution is 2.31. The number of aliphatic hydroxyl groups excluding tert-OH is 1. The summed E-state index contributed by atoms with van der Waals surface area (Å²) < 4.78 is 1.98. The zero-order chi connectivity index (χ0) is 12.7. The molecule has 0 spiro atoms. The van der Waals surface area contributed by atoms with E-state index in [0.29, 0.717) is 12.0 Å². The first-order valence-corrected chi connectivity index (χ1v) is 7.02. The van der Waals surface area contributed by atoms with E-state index in [-0.39, 0.29) is 0 Å². The molecule has 1 fully saturated rings. The summed E-state index contributed by atoms with van der Waals surface area (Å²) in [4.78, 5) is 2.47. The van der Waals surface area contributed by atoms with Gasteiger partial charge in [-0.2, -0.15) is 0 Å². The Morgan fingerprint density at radius 3 is 2.83 bits per heavy atom. The van der Waals surface area contributed by atoms with Crippen LogP contribution in [0.5, 0.6) is 0 Å².